The van der Waals surface area contributed by atoms with E-state index in [4.69, 9.17) is 0 Å². The van der Waals surface area contributed by atoms with Crippen molar-refractivity contribution in [2.24, 2.45) is 0 Å². The number of hydrogen-bond acceptors (Lipinski definition) is 4. The van der Waals surface area contributed by atoms with E-state index in [1.54, 1.807) is 6.07 Å². The lowest BCUT2D eigenvalue weighted by Crippen LogP contribution is -2.54. The van der Waals surface area contributed by atoms with Crippen molar-refractivity contribution < 1.29 is 22.4 Å². The lowest BCUT2D eigenvalue weighted by molar-refractivity contribution is -0.120. The second kappa shape index (κ2) is 7.59. The number of hydrogen-bond donors (Lipinski definition) is 1. The van der Waals surface area contributed by atoms with Gasteiger partial charge in [-0.05, 0) is 49.7 Å². The van der Waals surface area contributed by atoms with E-state index in [2.05, 4.69) is 5.32 Å². The van der Waals surface area contributed by atoms with Crippen LogP contribution < -0.4 is 14.5 Å². The van der Waals surface area contributed by atoms with Crippen molar-refractivity contribution in [2.75, 3.05) is 15.7 Å². The Bertz CT molecular complexity index is 1010. The highest BCUT2D eigenvalue weighted by molar-refractivity contribution is 7.94. The van der Waals surface area contributed by atoms with Crippen LogP contribution in [0.25, 0.3) is 0 Å². The molecule has 0 fully saturated rings. The molecule has 3 rings (SSSR count). The number of para-hydroxylation sites is 1. The smallest absolute Gasteiger partial charge is 0.343 e. The van der Waals surface area contributed by atoms with Gasteiger partial charge in [-0.2, -0.15) is 4.31 Å². The van der Waals surface area contributed by atoms with Crippen LogP contribution in [-0.4, -0.2) is 32.9 Å². The third-order valence-corrected chi connectivity index (χ3v) is 6.21. The summed E-state index contributed by atoms with van der Waals surface area (Å²) in [6.07, 6.45) is 0.715. The van der Waals surface area contributed by atoms with Crippen molar-refractivity contribution in [1.29, 1.82) is 0 Å². The topological polar surface area (TPSA) is 86.8 Å². The van der Waals surface area contributed by atoms with Crippen LogP contribution in [0, 0.1) is 5.82 Å². The molecule has 0 aliphatic carbocycles. The summed E-state index contributed by atoms with van der Waals surface area (Å²) in [5.41, 5.74) is 0.124. The van der Waals surface area contributed by atoms with Crippen molar-refractivity contribution in [2.45, 2.75) is 31.2 Å². The van der Waals surface area contributed by atoms with Crippen LogP contribution in [0.1, 0.15) is 20.3 Å². The van der Waals surface area contributed by atoms with Crippen molar-refractivity contribution in [1.82, 2.24) is 5.32 Å². The quantitative estimate of drug-likeness (QED) is 0.829. The van der Waals surface area contributed by atoms with Crippen LogP contribution >= 0.6 is 0 Å². The molecule has 0 aromatic heterocycles. The number of amides is 3. The normalized spacial score (nSPS) is 16.5. The van der Waals surface area contributed by atoms with Gasteiger partial charge in [0.05, 0.1) is 11.4 Å². The number of rotatable bonds is 5. The fraction of sp³-hybridized carbons (Fsp3) is 0.263. The van der Waals surface area contributed by atoms with Gasteiger partial charge in [0, 0.05) is 6.04 Å². The molecule has 0 radical (unpaired) electrons. The van der Waals surface area contributed by atoms with E-state index in [9.17, 15) is 22.4 Å². The van der Waals surface area contributed by atoms with Gasteiger partial charge in [0.25, 0.3) is 10.0 Å². The molecule has 2 aromatic carbocycles. The SMILES string of the molecule is CC[C@H](C)NC(=O)CN1C(=O)N(c2ccc(F)cc2)S(=O)(=O)c2ccccc21. The van der Waals surface area contributed by atoms with Crippen LogP contribution in [0.2, 0.25) is 0 Å². The molecule has 0 saturated carbocycles. The average Bonchev–Trinajstić information content (AvgIpc) is 2.66. The molecule has 7 nitrogen and oxygen atoms in total. The van der Waals surface area contributed by atoms with E-state index >= 15 is 0 Å². The number of nitrogens with zero attached hydrogens (tertiary/aromatic N) is 2. The fourth-order valence-electron chi connectivity index (χ4n) is 2.86. The molecule has 3 amide bonds. The Kier molecular flexibility index (Phi) is 5.37. The summed E-state index contributed by atoms with van der Waals surface area (Å²) in [4.78, 5) is 26.4. The summed E-state index contributed by atoms with van der Waals surface area (Å²) in [5.74, 6) is -0.966. The molecular formula is C19H20FN3O4S. The van der Waals surface area contributed by atoms with Gasteiger partial charge < -0.3 is 5.32 Å². The molecule has 1 aliphatic rings. The minimum atomic E-state index is -4.21. The highest BCUT2D eigenvalue weighted by Gasteiger charge is 2.43. The monoisotopic (exact) mass is 405 g/mol. The van der Waals surface area contributed by atoms with Crippen LogP contribution in [0.4, 0.5) is 20.6 Å². The largest absolute Gasteiger partial charge is 0.352 e. The molecule has 0 saturated heterocycles. The number of anilines is 2. The number of sulfonamides is 1. The Labute approximate surface area is 162 Å². The van der Waals surface area contributed by atoms with E-state index < -0.39 is 27.8 Å². The van der Waals surface area contributed by atoms with Gasteiger partial charge in [-0.1, -0.05) is 19.1 Å². The van der Waals surface area contributed by atoms with E-state index in [1.807, 2.05) is 13.8 Å². The van der Waals surface area contributed by atoms with E-state index in [1.165, 1.54) is 30.3 Å². The minimum Gasteiger partial charge on any atom is -0.352 e. The summed E-state index contributed by atoms with van der Waals surface area (Å²) >= 11 is 0. The van der Waals surface area contributed by atoms with Crippen LogP contribution in [0.3, 0.4) is 0 Å². The highest BCUT2D eigenvalue weighted by atomic mass is 32.2. The first-order valence-electron chi connectivity index (χ1n) is 8.76. The second-order valence-electron chi connectivity index (χ2n) is 6.46. The molecule has 2 aromatic rings. The maximum atomic E-state index is 13.3. The van der Waals surface area contributed by atoms with Crippen molar-refractivity contribution >= 4 is 33.3 Å². The molecule has 1 N–H and O–H groups in total. The fourth-order valence-corrected chi connectivity index (χ4v) is 4.45. The molecule has 0 bridgehead atoms. The predicted molar refractivity (Wildman–Crippen MR) is 103 cm³/mol. The maximum Gasteiger partial charge on any atom is 0.343 e. The molecule has 1 aliphatic heterocycles. The van der Waals surface area contributed by atoms with Crippen LogP contribution in [0.5, 0.6) is 0 Å². The Morgan fingerprint density at radius 2 is 1.79 bits per heavy atom. The van der Waals surface area contributed by atoms with Gasteiger partial charge in [0.2, 0.25) is 5.91 Å². The van der Waals surface area contributed by atoms with Gasteiger partial charge >= 0.3 is 6.03 Å². The van der Waals surface area contributed by atoms with E-state index in [0.717, 1.165) is 17.0 Å². The molecule has 0 spiro atoms. The maximum absolute atomic E-state index is 13.3. The van der Waals surface area contributed by atoms with E-state index in [0.29, 0.717) is 10.7 Å². The van der Waals surface area contributed by atoms with Crippen LogP contribution in [0.15, 0.2) is 53.4 Å². The average molecular weight is 405 g/mol. The summed E-state index contributed by atoms with van der Waals surface area (Å²) in [6, 6.07) is 9.53. The third kappa shape index (κ3) is 3.57. The molecule has 1 heterocycles. The molecule has 9 heteroatoms. The number of fused-ring (bicyclic) bond motifs is 1. The Balaban J connectivity index is 2.06. The van der Waals surface area contributed by atoms with Gasteiger partial charge in [0.15, 0.2) is 0 Å². The summed E-state index contributed by atoms with van der Waals surface area (Å²) in [5, 5.41) is 2.76. The molecular weight excluding hydrogens is 385 g/mol. The van der Waals surface area contributed by atoms with Crippen molar-refractivity contribution in [3.63, 3.8) is 0 Å². The first kappa shape index (κ1) is 19.8. The highest BCUT2D eigenvalue weighted by Crippen LogP contribution is 2.36. The zero-order chi connectivity index (χ0) is 20.5. The summed E-state index contributed by atoms with van der Waals surface area (Å²) in [7, 11) is -4.21. The third-order valence-electron chi connectivity index (χ3n) is 4.46. The lowest BCUT2D eigenvalue weighted by atomic mass is 10.2. The van der Waals surface area contributed by atoms with Crippen LogP contribution in [-0.2, 0) is 14.8 Å². The molecule has 148 valence electrons. The Morgan fingerprint density at radius 3 is 2.43 bits per heavy atom. The number of urea groups is 1. The number of nitrogens with one attached hydrogen (secondary N) is 1. The number of carbonyl (C=O) groups excluding carboxylic acids is 2. The number of benzene rings is 2. The first-order chi connectivity index (χ1) is 13.3. The zero-order valence-electron chi connectivity index (χ0n) is 15.4. The minimum absolute atomic E-state index is 0.00626. The molecule has 0 unspecified atom stereocenters. The lowest BCUT2D eigenvalue weighted by Gasteiger charge is -2.36. The van der Waals surface area contributed by atoms with E-state index in [-0.39, 0.29) is 28.9 Å². The first-order valence-corrected chi connectivity index (χ1v) is 10.2. The second-order valence-corrected chi connectivity index (χ2v) is 8.21. The summed E-state index contributed by atoms with van der Waals surface area (Å²) in [6.45, 7) is 3.40. The predicted octanol–water partition coefficient (Wildman–Crippen LogP) is 2.88. The van der Waals surface area contributed by atoms with Gasteiger partial charge in [-0.25, -0.2) is 17.6 Å². The number of halogens is 1. The van der Waals surface area contributed by atoms with Gasteiger partial charge in [0.1, 0.15) is 17.3 Å². The van der Waals surface area contributed by atoms with Crippen molar-refractivity contribution in [3.05, 3.63) is 54.3 Å². The standard InChI is InChI=1S/C19H20FN3O4S/c1-3-13(2)21-18(24)12-22-16-6-4-5-7-17(16)28(26,27)23(19(22)25)15-10-8-14(20)9-11-15/h4-11,13H,3,12H2,1-2H3,(H,21,24)/t13-/m0/s1. The van der Waals surface area contributed by atoms with Gasteiger partial charge in [-0.3, -0.25) is 9.69 Å². The Hall–Kier alpha value is -2.94. The summed E-state index contributed by atoms with van der Waals surface area (Å²) < 4.78 is 39.9. The zero-order valence-corrected chi connectivity index (χ0v) is 16.2. The number of carbonyl (C=O) groups is 2. The molecule has 28 heavy (non-hydrogen) atoms. The Morgan fingerprint density at radius 1 is 1.14 bits per heavy atom. The molecule has 1 atom stereocenters. The van der Waals surface area contributed by atoms with Gasteiger partial charge in [-0.15, -0.1) is 0 Å². The van der Waals surface area contributed by atoms with Crippen molar-refractivity contribution in [3.8, 4) is 0 Å².